The number of aliphatic hydroxyl groups excluding tert-OH is 1. The van der Waals surface area contributed by atoms with Gasteiger partial charge in [-0.15, -0.1) is 0 Å². The molecule has 0 radical (unpaired) electrons. The molecule has 1 aliphatic rings. The van der Waals surface area contributed by atoms with Crippen LogP contribution in [0.15, 0.2) is 78.4 Å². The van der Waals surface area contributed by atoms with Crippen LogP contribution in [0.4, 0.5) is 14.5 Å². The van der Waals surface area contributed by atoms with Crippen molar-refractivity contribution in [2.24, 2.45) is 0 Å². The summed E-state index contributed by atoms with van der Waals surface area (Å²) in [5.74, 6) is -3.91. The van der Waals surface area contributed by atoms with Gasteiger partial charge < -0.3 is 10.0 Å². The minimum absolute atomic E-state index is 0.0363. The summed E-state index contributed by atoms with van der Waals surface area (Å²) in [6.45, 7) is -0.157. The number of rotatable bonds is 5. The standard InChI is InChI=1S/C24H16F2N2O5/c25-16-10-8-14(9-11-16)13-27-21(18-6-1-2-7-19(18)26)20(23(30)24(27)31)22(29)15-4-3-5-17(12-15)28(32)33/h1-12,21,29H,13H2/b22-20+. The third kappa shape index (κ3) is 4.08. The smallest absolute Gasteiger partial charge is 0.295 e. The lowest BCUT2D eigenvalue weighted by Crippen LogP contribution is -2.29. The molecule has 7 nitrogen and oxygen atoms in total. The Labute approximate surface area is 186 Å². The van der Waals surface area contributed by atoms with Crippen LogP contribution in [0.1, 0.15) is 22.7 Å². The van der Waals surface area contributed by atoms with Gasteiger partial charge in [0.05, 0.1) is 16.5 Å². The fourth-order valence-electron chi connectivity index (χ4n) is 3.77. The van der Waals surface area contributed by atoms with Crippen LogP contribution in [-0.2, 0) is 16.1 Å². The summed E-state index contributed by atoms with van der Waals surface area (Å²) in [4.78, 5) is 37.4. The number of halogens is 2. The number of nitro benzene ring substituents is 1. The van der Waals surface area contributed by atoms with Crippen molar-refractivity contribution in [1.82, 2.24) is 4.90 Å². The second-order valence-corrected chi connectivity index (χ2v) is 7.38. The molecule has 0 aromatic heterocycles. The molecular formula is C24H16F2N2O5. The highest BCUT2D eigenvalue weighted by molar-refractivity contribution is 6.46. The van der Waals surface area contributed by atoms with Crippen molar-refractivity contribution in [3.8, 4) is 0 Å². The first-order chi connectivity index (χ1) is 15.8. The van der Waals surface area contributed by atoms with Crippen LogP contribution < -0.4 is 0 Å². The molecular weight excluding hydrogens is 434 g/mol. The lowest BCUT2D eigenvalue weighted by Gasteiger charge is -2.25. The van der Waals surface area contributed by atoms with Crippen LogP contribution in [-0.4, -0.2) is 26.6 Å². The van der Waals surface area contributed by atoms with Gasteiger partial charge in [-0.05, 0) is 23.8 Å². The lowest BCUT2D eigenvalue weighted by atomic mass is 9.94. The number of carbonyl (C=O) groups excluding carboxylic acids is 2. The molecule has 166 valence electrons. The number of nitro groups is 1. The molecule has 0 saturated carbocycles. The molecule has 1 saturated heterocycles. The number of amides is 1. The van der Waals surface area contributed by atoms with E-state index in [2.05, 4.69) is 0 Å². The maximum atomic E-state index is 14.8. The number of benzene rings is 3. The largest absolute Gasteiger partial charge is 0.507 e. The summed E-state index contributed by atoms with van der Waals surface area (Å²) in [5, 5.41) is 22.1. The number of aliphatic hydroxyl groups is 1. The SMILES string of the molecule is O=C1C(=O)N(Cc2ccc(F)cc2)C(c2ccccc2F)/C1=C(\O)c1cccc([N+](=O)[O-])c1. The van der Waals surface area contributed by atoms with Gasteiger partial charge in [0.2, 0.25) is 0 Å². The molecule has 33 heavy (non-hydrogen) atoms. The van der Waals surface area contributed by atoms with E-state index in [0.29, 0.717) is 5.56 Å². The molecule has 4 rings (SSSR count). The van der Waals surface area contributed by atoms with E-state index < -0.39 is 45.6 Å². The average Bonchev–Trinajstić information content (AvgIpc) is 3.05. The average molecular weight is 450 g/mol. The van der Waals surface area contributed by atoms with E-state index >= 15 is 0 Å². The number of likely N-dealkylation sites (tertiary alicyclic amines) is 1. The minimum Gasteiger partial charge on any atom is -0.507 e. The molecule has 1 amide bonds. The molecule has 3 aromatic rings. The summed E-state index contributed by atoms with van der Waals surface area (Å²) < 4.78 is 28.1. The van der Waals surface area contributed by atoms with Crippen LogP contribution in [0.5, 0.6) is 0 Å². The second-order valence-electron chi connectivity index (χ2n) is 7.38. The zero-order valence-electron chi connectivity index (χ0n) is 16.9. The number of hydrogen-bond donors (Lipinski definition) is 1. The van der Waals surface area contributed by atoms with E-state index in [1.807, 2.05) is 0 Å². The Balaban J connectivity index is 1.88. The van der Waals surface area contributed by atoms with E-state index in [1.54, 1.807) is 0 Å². The van der Waals surface area contributed by atoms with E-state index in [0.717, 1.165) is 17.0 Å². The van der Waals surface area contributed by atoms with Gasteiger partial charge in [0.25, 0.3) is 17.4 Å². The first-order valence-corrected chi connectivity index (χ1v) is 9.80. The first-order valence-electron chi connectivity index (χ1n) is 9.80. The van der Waals surface area contributed by atoms with E-state index in [1.165, 1.54) is 60.7 Å². The number of ketones is 1. The maximum Gasteiger partial charge on any atom is 0.295 e. The van der Waals surface area contributed by atoms with E-state index in [9.17, 15) is 33.6 Å². The van der Waals surface area contributed by atoms with Crippen LogP contribution in [0.25, 0.3) is 5.76 Å². The molecule has 1 aliphatic heterocycles. The van der Waals surface area contributed by atoms with Crippen molar-refractivity contribution in [2.75, 3.05) is 0 Å². The number of carbonyl (C=O) groups is 2. The Bertz CT molecular complexity index is 1300. The summed E-state index contributed by atoms with van der Waals surface area (Å²) in [6.07, 6.45) is 0. The van der Waals surface area contributed by atoms with Gasteiger partial charge in [-0.2, -0.15) is 0 Å². The molecule has 1 N–H and O–H groups in total. The Kier molecular flexibility index (Phi) is 5.70. The fourth-order valence-corrected chi connectivity index (χ4v) is 3.77. The Morgan fingerprint density at radius 1 is 1.00 bits per heavy atom. The molecule has 1 fully saturated rings. The summed E-state index contributed by atoms with van der Waals surface area (Å²) in [5.41, 5.74) is -0.346. The molecule has 1 atom stereocenters. The molecule has 0 aliphatic carbocycles. The van der Waals surface area contributed by atoms with Gasteiger partial charge in [-0.1, -0.05) is 42.5 Å². The van der Waals surface area contributed by atoms with Gasteiger partial charge in [-0.25, -0.2) is 8.78 Å². The Hall–Kier alpha value is -4.40. The lowest BCUT2D eigenvalue weighted by molar-refractivity contribution is -0.384. The predicted molar refractivity (Wildman–Crippen MR) is 114 cm³/mol. The van der Waals surface area contributed by atoms with Crippen molar-refractivity contribution in [2.45, 2.75) is 12.6 Å². The van der Waals surface area contributed by atoms with Crippen LogP contribution in [0, 0.1) is 21.7 Å². The highest BCUT2D eigenvalue weighted by Crippen LogP contribution is 2.41. The zero-order valence-corrected chi connectivity index (χ0v) is 16.9. The third-order valence-electron chi connectivity index (χ3n) is 5.34. The van der Waals surface area contributed by atoms with Crippen molar-refractivity contribution >= 4 is 23.1 Å². The normalized spacial score (nSPS) is 17.4. The van der Waals surface area contributed by atoms with Gasteiger partial charge in [0, 0.05) is 29.8 Å². The molecule has 1 heterocycles. The van der Waals surface area contributed by atoms with Crippen LogP contribution in [0.2, 0.25) is 0 Å². The van der Waals surface area contributed by atoms with Gasteiger partial charge in [0.15, 0.2) is 0 Å². The number of non-ortho nitro benzene ring substituents is 1. The van der Waals surface area contributed by atoms with Crippen molar-refractivity contribution in [1.29, 1.82) is 0 Å². The highest BCUT2D eigenvalue weighted by Gasteiger charge is 2.47. The van der Waals surface area contributed by atoms with Crippen LogP contribution in [0.3, 0.4) is 0 Å². The summed E-state index contributed by atoms with van der Waals surface area (Å²) in [7, 11) is 0. The van der Waals surface area contributed by atoms with Crippen molar-refractivity contribution < 1.29 is 28.4 Å². The minimum atomic E-state index is -1.30. The molecule has 9 heteroatoms. The predicted octanol–water partition coefficient (Wildman–Crippen LogP) is 4.49. The number of hydrogen-bond acceptors (Lipinski definition) is 5. The highest BCUT2D eigenvalue weighted by atomic mass is 19.1. The Morgan fingerprint density at radius 2 is 1.70 bits per heavy atom. The van der Waals surface area contributed by atoms with Gasteiger partial charge >= 0.3 is 0 Å². The monoisotopic (exact) mass is 450 g/mol. The van der Waals surface area contributed by atoms with Crippen molar-refractivity contribution in [3.63, 3.8) is 0 Å². The maximum absolute atomic E-state index is 14.8. The molecule has 1 unspecified atom stereocenters. The van der Waals surface area contributed by atoms with E-state index in [-0.39, 0.29) is 23.4 Å². The third-order valence-corrected chi connectivity index (χ3v) is 5.34. The molecule has 3 aromatic carbocycles. The second kappa shape index (κ2) is 8.62. The number of nitrogens with zero attached hydrogens (tertiary/aromatic N) is 2. The quantitative estimate of drug-likeness (QED) is 0.203. The fraction of sp³-hybridized carbons (Fsp3) is 0.0833. The zero-order chi connectivity index (χ0) is 23.7. The summed E-state index contributed by atoms with van der Waals surface area (Å²) >= 11 is 0. The first kappa shape index (κ1) is 21.8. The Morgan fingerprint density at radius 3 is 2.36 bits per heavy atom. The van der Waals surface area contributed by atoms with Gasteiger partial charge in [-0.3, -0.25) is 19.7 Å². The molecule has 0 spiro atoms. The van der Waals surface area contributed by atoms with E-state index in [4.69, 9.17) is 0 Å². The van der Waals surface area contributed by atoms with Gasteiger partial charge in [0.1, 0.15) is 17.4 Å². The summed E-state index contributed by atoms with van der Waals surface area (Å²) in [6, 6.07) is 14.3. The van der Waals surface area contributed by atoms with Crippen LogP contribution >= 0.6 is 0 Å². The van der Waals surface area contributed by atoms with Crippen molar-refractivity contribution in [3.05, 3.63) is 117 Å². The molecule has 0 bridgehead atoms. The number of Topliss-reactive ketones (excluding diaryl/α,β-unsaturated/α-hetero) is 1. The topological polar surface area (TPSA) is 101 Å².